The summed E-state index contributed by atoms with van der Waals surface area (Å²) in [4.78, 5) is 18.4. The van der Waals surface area contributed by atoms with Crippen LogP contribution in [0.1, 0.15) is 21.7 Å². The van der Waals surface area contributed by atoms with E-state index in [4.69, 9.17) is 0 Å². The van der Waals surface area contributed by atoms with Crippen molar-refractivity contribution in [3.63, 3.8) is 0 Å². The second-order valence-corrected chi connectivity index (χ2v) is 4.72. The number of carbonyl (C=O) groups excluding carboxylic acids is 1. The van der Waals surface area contributed by atoms with Crippen molar-refractivity contribution < 1.29 is 9.18 Å². The zero-order valence-corrected chi connectivity index (χ0v) is 10.6. The van der Waals surface area contributed by atoms with E-state index in [0.717, 1.165) is 12.4 Å². The summed E-state index contributed by atoms with van der Waals surface area (Å²) in [5, 5.41) is 0. The summed E-state index contributed by atoms with van der Waals surface area (Å²) in [5.41, 5.74) is 1.22. The average molecular weight is 259 g/mol. The van der Waals surface area contributed by atoms with Gasteiger partial charge in [0.15, 0.2) is 0 Å². The molecule has 0 radical (unpaired) electrons. The van der Waals surface area contributed by atoms with Crippen LogP contribution in [-0.2, 0) is 13.1 Å². The molecule has 2 aromatic rings. The smallest absolute Gasteiger partial charge is 0.254 e. The molecule has 0 atom stereocenters. The highest BCUT2D eigenvalue weighted by Gasteiger charge is 2.23. The van der Waals surface area contributed by atoms with E-state index in [1.807, 2.05) is 10.8 Å². The van der Waals surface area contributed by atoms with Gasteiger partial charge in [-0.15, -0.1) is 0 Å². The molecule has 1 aromatic carbocycles. The number of carbonyl (C=O) groups is 1. The number of rotatable bonds is 1. The Kier molecular flexibility index (Phi) is 2.81. The molecule has 1 aliphatic rings. The van der Waals surface area contributed by atoms with Gasteiger partial charge in [0.2, 0.25) is 0 Å². The topological polar surface area (TPSA) is 38.1 Å². The molecule has 0 saturated carbocycles. The molecule has 0 aliphatic carbocycles. The van der Waals surface area contributed by atoms with Crippen molar-refractivity contribution in [2.24, 2.45) is 0 Å². The fraction of sp³-hybridized carbons (Fsp3) is 0.286. The number of fused-ring (bicyclic) bond motifs is 1. The molecule has 0 spiro atoms. The van der Waals surface area contributed by atoms with Crippen molar-refractivity contribution in [2.75, 3.05) is 6.54 Å². The van der Waals surface area contributed by atoms with Crippen molar-refractivity contribution in [3.8, 4) is 0 Å². The SMILES string of the molecule is Cc1cc(F)ccc1C(=O)N1CCn2ccnc2C1. The third-order valence-corrected chi connectivity index (χ3v) is 3.45. The second-order valence-electron chi connectivity index (χ2n) is 4.72. The van der Waals surface area contributed by atoms with E-state index >= 15 is 0 Å². The molecule has 1 aromatic heterocycles. The summed E-state index contributed by atoms with van der Waals surface area (Å²) in [6, 6.07) is 4.26. The van der Waals surface area contributed by atoms with E-state index in [9.17, 15) is 9.18 Å². The molecule has 0 fully saturated rings. The summed E-state index contributed by atoms with van der Waals surface area (Å²) in [6.07, 6.45) is 3.66. The van der Waals surface area contributed by atoms with Gasteiger partial charge in [0.05, 0.1) is 6.54 Å². The first kappa shape index (κ1) is 11.9. The van der Waals surface area contributed by atoms with Crippen LogP contribution in [-0.4, -0.2) is 26.9 Å². The van der Waals surface area contributed by atoms with Crippen LogP contribution in [0, 0.1) is 12.7 Å². The van der Waals surface area contributed by atoms with Gasteiger partial charge in [-0.2, -0.15) is 0 Å². The number of hydrogen-bond donors (Lipinski definition) is 0. The van der Waals surface area contributed by atoms with Crippen LogP contribution in [0.4, 0.5) is 4.39 Å². The van der Waals surface area contributed by atoms with Gasteiger partial charge in [0.25, 0.3) is 5.91 Å². The van der Waals surface area contributed by atoms with Crippen molar-refractivity contribution >= 4 is 5.91 Å². The number of hydrogen-bond acceptors (Lipinski definition) is 2. The van der Waals surface area contributed by atoms with Gasteiger partial charge in [-0.05, 0) is 30.7 Å². The largest absolute Gasteiger partial charge is 0.332 e. The first-order chi connectivity index (χ1) is 9.15. The molecular weight excluding hydrogens is 245 g/mol. The Labute approximate surface area is 110 Å². The maximum Gasteiger partial charge on any atom is 0.254 e. The third kappa shape index (κ3) is 2.12. The van der Waals surface area contributed by atoms with Gasteiger partial charge in [0, 0.05) is 31.0 Å². The lowest BCUT2D eigenvalue weighted by Gasteiger charge is -2.28. The standard InChI is InChI=1S/C14H14FN3O/c1-10-8-11(15)2-3-12(10)14(19)18-7-6-17-5-4-16-13(17)9-18/h2-5,8H,6-7,9H2,1H3. The second kappa shape index (κ2) is 4.50. The number of amides is 1. The number of imidazole rings is 1. The summed E-state index contributed by atoms with van der Waals surface area (Å²) in [5.74, 6) is 0.509. The maximum atomic E-state index is 13.1. The molecule has 5 heteroatoms. The van der Waals surface area contributed by atoms with Gasteiger partial charge < -0.3 is 9.47 Å². The fourth-order valence-corrected chi connectivity index (χ4v) is 2.38. The van der Waals surface area contributed by atoms with Crippen LogP contribution >= 0.6 is 0 Å². The first-order valence-electron chi connectivity index (χ1n) is 6.20. The molecule has 98 valence electrons. The highest BCUT2D eigenvalue weighted by Crippen LogP contribution is 2.17. The first-order valence-corrected chi connectivity index (χ1v) is 6.20. The van der Waals surface area contributed by atoms with E-state index < -0.39 is 0 Å². The maximum absolute atomic E-state index is 13.1. The Morgan fingerprint density at radius 1 is 1.37 bits per heavy atom. The number of benzene rings is 1. The van der Waals surface area contributed by atoms with E-state index in [0.29, 0.717) is 24.2 Å². The van der Waals surface area contributed by atoms with E-state index in [1.54, 1.807) is 24.1 Å². The monoisotopic (exact) mass is 259 g/mol. The van der Waals surface area contributed by atoms with Crippen LogP contribution in [0.2, 0.25) is 0 Å². The van der Waals surface area contributed by atoms with Gasteiger partial charge in [0.1, 0.15) is 11.6 Å². The number of halogens is 1. The van der Waals surface area contributed by atoms with Gasteiger partial charge in [-0.25, -0.2) is 9.37 Å². The van der Waals surface area contributed by atoms with Crippen LogP contribution in [0.5, 0.6) is 0 Å². The summed E-state index contributed by atoms with van der Waals surface area (Å²) in [6.45, 7) is 3.66. The van der Waals surface area contributed by atoms with Crippen molar-refractivity contribution in [1.29, 1.82) is 0 Å². The molecular formula is C14H14FN3O. The van der Waals surface area contributed by atoms with Gasteiger partial charge in [-0.3, -0.25) is 4.79 Å². The Balaban J connectivity index is 1.85. The molecule has 3 rings (SSSR count). The highest BCUT2D eigenvalue weighted by atomic mass is 19.1. The Hall–Kier alpha value is -2.17. The molecule has 0 bridgehead atoms. The lowest BCUT2D eigenvalue weighted by atomic mass is 10.1. The van der Waals surface area contributed by atoms with Crippen molar-refractivity contribution in [2.45, 2.75) is 20.0 Å². The lowest BCUT2D eigenvalue weighted by Crippen LogP contribution is -2.38. The number of aromatic nitrogens is 2. The fourth-order valence-electron chi connectivity index (χ4n) is 2.38. The van der Waals surface area contributed by atoms with E-state index in [1.165, 1.54) is 12.1 Å². The Morgan fingerprint density at radius 2 is 2.21 bits per heavy atom. The van der Waals surface area contributed by atoms with E-state index in [2.05, 4.69) is 4.98 Å². The summed E-state index contributed by atoms with van der Waals surface area (Å²) < 4.78 is 15.1. The van der Waals surface area contributed by atoms with Crippen molar-refractivity contribution in [1.82, 2.24) is 14.5 Å². The molecule has 2 heterocycles. The minimum Gasteiger partial charge on any atom is -0.332 e. The lowest BCUT2D eigenvalue weighted by molar-refractivity contribution is 0.0706. The molecule has 0 N–H and O–H groups in total. The predicted molar refractivity (Wildman–Crippen MR) is 68.1 cm³/mol. The Morgan fingerprint density at radius 3 is 3.00 bits per heavy atom. The van der Waals surface area contributed by atoms with Crippen LogP contribution < -0.4 is 0 Å². The summed E-state index contributed by atoms with van der Waals surface area (Å²) >= 11 is 0. The average Bonchev–Trinajstić information content (AvgIpc) is 2.85. The zero-order valence-electron chi connectivity index (χ0n) is 10.6. The van der Waals surface area contributed by atoms with Gasteiger partial charge >= 0.3 is 0 Å². The predicted octanol–water partition coefficient (Wildman–Crippen LogP) is 1.99. The quantitative estimate of drug-likeness (QED) is 0.785. The molecule has 1 aliphatic heterocycles. The molecule has 0 saturated heterocycles. The molecule has 0 unspecified atom stereocenters. The minimum absolute atomic E-state index is 0.0632. The van der Waals surface area contributed by atoms with Crippen LogP contribution in [0.3, 0.4) is 0 Å². The Bertz CT molecular complexity index is 635. The molecule has 19 heavy (non-hydrogen) atoms. The molecule has 4 nitrogen and oxygen atoms in total. The minimum atomic E-state index is -0.316. The van der Waals surface area contributed by atoms with Crippen LogP contribution in [0.25, 0.3) is 0 Å². The third-order valence-electron chi connectivity index (χ3n) is 3.45. The highest BCUT2D eigenvalue weighted by molar-refractivity contribution is 5.95. The van der Waals surface area contributed by atoms with Gasteiger partial charge in [-0.1, -0.05) is 0 Å². The number of nitrogens with zero attached hydrogens (tertiary/aromatic N) is 3. The summed E-state index contributed by atoms with van der Waals surface area (Å²) in [7, 11) is 0. The molecule has 1 amide bonds. The van der Waals surface area contributed by atoms with Crippen LogP contribution in [0.15, 0.2) is 30.6 Å². The normalized spacial score (nSPS) is 14.3. The number of aryl methyl sites for hydroxylation is 1. The zero-order chi connectivity index (χ0) is 13.4. The van der Waals surface area contributed by atoms with Crippen molar-refractivity contribution in [3.05, 3.63) is 53.4 Å². The van der Waals surface area contributed by atoms with E-state index in [-0.39, 0.29) is 11.7 Å².